The first-order valence-corrected chi connectivity index (χ1v) is 6.32. The van der Waals surface area contributed by atoms with Crippen LogP contribution in [-0.4, -0.2) is 51.9 Å². The van der Waals surface area contributed by atoms with Crippen LogP contribution in [0.25, 0.3) is 0 Å². The van der Waals surface area contributed by atoms with E-state index in [0.717, 1.165) is 0 Å². The lowest BCUT2D eigenvalue weighted by atomic mass is 10.3. The highest BCUT2D eigenvalue weighted by molar-refractivity contribution is 5.79. The van der Waals surface area contributed by atoms with E-state index >= 15 is 0 Å². The Hall–Kier alpha value is -2.00. The van der Waals surface area contributed by atoms with Gasteiger partial charge in [-0.15, -0.1) is 0 Å². The molecule has 1 atom stereocenters. The number of carbonyl (C=O) groups excluding carboxylic acids is 1. The van der Waals surface area contributed by atoms with Crippen molar-refractivity contribution in [1.82, 2.24) is 20.2 Å². The maximum Gasteiger partial charge on any atom is 0.309 e. The number of nitrogens with one attached hydrogen (secondary N) is 1. The average Bonchev–Trinajstić information content (AvgIpc) is 2.81. The summed E-state index contributed by atoms with van der Waals surface area (Å²) in [6, 6.07) is -0.620. The van der Waals surface area contributed by atoms with Crippen LogP contribution >= 0.6 is 0 Å². The van der Waals surface area contributed by atoms with Gasteiger partial charge >= 0.3 is 5.69 Å². The number of morpholine rings is 1. The summed E-state index contributed by atoms with van der Waals surface area (Å²) in [7, 11) is 0. The van der Waals surface area contributed by atoms with Gasteiger partial charge in [-0.1, -0.05) is 0 Å². The van der Waals surface area contributed by atoms with Gasteiger partial charge in [0.25, 0.3) is 5.91 Å². The standard InChI is InChI=1S/C11H17N5O4/c1-8-10(16(18)19)7-15(12-8)9(2)11(17)13-14-3-5-20-6-4-14/h7,9H,3-6H2,1-2H3,(H,13,17)/t9-/m1/s1. The summed E-state index contributed by atoms with van der Waals surface area (Å²) in [5.74, 6) is -0.260. The largest absolute Gasteiger partial charge is 0.379 e. The third-order valence-corrected chi connectivity index (χ3v) is 3.14. The van der Waals surface area contributed by atoms with E-state index in [9.17, 15) is 14.9 Å². The molecule has 1 aromatic rings. The fraction of sp³-hybridized carbons (Fsp3) is 0.636. The first kappa shape index (κ1) is 14.4. The van der Waals surface area contributed by atoms with Crippen molar-refractivity contribution in [2.24, 2.45) is 0 Å². The Kier molecular flexibility index (Phi) is 4.30. The molecular formula is C11H17N5O4. The SMILES string of the molecule is Cc1nn([C@H](C)C(=O)NN2CCOCC2)cc1[N+](=O)[O-]. The average molecular weight is 283 g/mol. The molecule has 0 saturated carbocycles. The molecule has 9 nitrogen and oxygen atoms in total. The zero-order chi connectivity index (χ0) is 14.7. The maximum absolute atomic E-state index is 12.1. The minimum atomic E-state index is -0.620. The predicted molar refractivity (Wildman–Crippen MR) is 68.9 cm³/mol. The van der Waals surface area contributed by atoms with E-state index < -0.39 is 11.0 Å². The molecule has 1 aromatic heterocycles. The van der Waals surface area contributed by atoms with Crippen molar-refractivity contribution in [3.8, 4) is 0 Å². The summed E-state index contributed by atoms with van der Waals surface area (Å²) in [6.45, 7) is 5.57. The normalized spacial score (nSPS) is 17.7. The number of ether oxygens (including phenoxy) is 1. The Balaban J connectivity index is 2.02. The molecule has 9 heteroatoms. The summed E-state index contributed by atoms with van der Waals surface area (Å²) in [4.78, 5) is 22.3. The number of nitrogens with zero attached hydrogens (tertiary/aromatic N) is 4. The number of carbonyl (C=O) groups is 1. The van der Waals surface area contributed by atoms with Crippen LogP contribution in [0.4, 0.5) is 5.69 Å². The molecule has 110 valence electrons. The van der Waals surface area contributed by atoms with Gasteiger partial charge in [-0.3, -0.25) is 25.0 Å². The number of aromatic nitrogens is 2. The van der Waals surface area contributed by atoms with E-state index in [1.54, 1.807) is 18.9 Å². The van der Waals surface area contributed by atoms with E-state index in [4.69, 9.17) is 4.74 Å². The number of amides is 1. The number of rotatable bonds is 4. The number of nitro groups is 1. The van der Waals surface area contributed by atoms with Crippen LogP contribution in [0.15, 0.2) is 6.20 Å². The van der Waals surface area contributed by atoms with Gasteiger partial charge in [-0.05, 0) is 13.8 Å². The van der Waals surface area contributed by atoms with Crippen LogP contribution in [-0.2, 0) is 9.53 Å². The summed E-state index contributed by atoms with van der Waals surface area (Å²) in [5, 5.41) is 16.6. The van der Waals surface area contributed by atoms with E-state index in [1.165, 1.54) is 10.9 Å². The number of aryl methyl sites for hydroxylation is 1. The van der Waals surface area contributed by atoms with Gasteiger partial charge in [-0.2, -0.15) is 5.10 Å². The first-order chi connectivity index (χ1) is 9.49. The van der Waals surface area contributed by atoms with Gasteiger partial charge in [0, 0.05) is 13.1 Å². The Morgan fingerprint density at radius 3 is 2.75 bits per heavy atom. The van der Waals surface area contributed by atoms with Crippen LogP contribution in [0.3, 0.4) is 0 Å². The van der Waals surface area contributed by atoms with Crippen molar-refractivity contribution >= 4 is 11.6 Å². The van der Waals surface area contributed by atoms with Crippen molar-refractivity contribution in [2.45, 2.75) is 19.9 Å². The second-order valence-electron chi connectivity index (χ2n) is 4.59. The van der Waals surface area contributed by atoms with E-state index in [2.05, 4.69) is 10.5 Å². The summed E-state index contributed by atoms with van der Waals surface area (Å²) < 4.78 is 6.50. The summed E-state index contributed by atoms with van der Waals surface area (Å²) in [5.41, 5.74) is 2.96. The molecule has 1 aliphatic rings. The second kappa shape index (κ2) is 5.97. The highest BCUT2D eigenvalue weighted by Gasteiger charge is 2.23. The van der Waals surface area contributed by atoms with Crippen molar-refractivity contribution < 1.29 is 14.5 Å². The molecule has 0 aromatic carbocycles. The van der Waals surface area contributed by atoms with Crippen LogP contribution in [0.1, 0.15) is 18.7 Å². The van der Waals surface area contributed by atoms with Gasteiger partial charge in [-0.25, -0.2) is 5.01 Å². The second-order valence-corrected chi connectivity index (χ2v) is 4.59. The lowest BCUT2D eigenvalue weighted by Crippen LogP contribution is -2.50. The topological polar surface area (TPSA) is 103 Å². The predicted octanol–water partition coefficient (Wildman–Crippen LogP) is 0.0241. The molecule has 1 saturated heterocycles. The van der Waals surface area contributed by atoms with Crippen LogP contribution in [0.2, 0.25) is 0 Å². The quantitative estimate of drug-likeness (QED) is 0.617. The van der Waals surface area contributed by atoms with Crippen LogP contribution in [0.5, 0.6) is 0 Å². The van der Waals surface area contributed by atoms with Gasteiger partial charge in [0.15, 0.2) is 0 Å². The molecule has 1 N–H and O–H groups in total. The fourth-order valence-electron chi connectivity index (χ4n) is 1.89. The Labute approximate surface area is 115 Å². The minimum Gasteiger partial charge on any atom is -0.379 e. The smallest absolute Gasteiger partial charge is 0.309 e. The summed E-state index contributed by atoms with van der Waals surface area (Å²) >= 11 is 0. The van der Waals surface area contributed by atoms with Crippen LogP contribution < -0.4 is 5.43 Å². The van der Waals surface area contributed by atoms with E-state index in [1.807, 2.05) is 0 Å². The van der Waals surface area contributed by atoms with Crippen molar-refractivity contribution in [3.05, 3.63) is 22.0 Å². The molecule has 2 heterocycles. The van der Waals surface area contributed by atoms with Gasteiger partial charge in [0.1, 0.15) is 17.9 Å². The molecule has 0 radical (unpaired) electrons. The fourth-order valence-corrected chi connectivity index (χ4v) is 1.89. The van der Waals surface area contributed by atoms with E-state index in [-0.39, 0.29) is 11.6 Å². The van der Waals surface area contributed by atoms with E-state index in [0.29, 0.717) is 32.0 Å². The van der Waals surface area contributed by atoms with Crippen molar-refractivity contribution in [1.29, 1.82) is 0 Å². The third-order valence-electron chi connectivity index (χ3n) is 3.14. The minimum absolute atomic E-state index is 0.0870. The number of hydrogen-bond acceptors (Lipinski definition) is 6. The Morgan fingerprint density at radius 1 is 1.55 bits per heavy atom. The monoisotopic (exact) mass is 283 g/mol. The molecule has 0 spiro atoms. The van der Waals surface area contributed by atoms with Gasteiger partial charge in [0.05, 0.1) is 18.1 Å². The Bertz CT molecular complexity index is 509. The zero-order valence-electron chi connectivity index (χ0n) is 11.4. The van der Waals surface area contributed by atoms with Crippen molar-refractivity contribution in [3.63, 3.8) is 0 Å². The number of hydrazine groups is 1. The molecule has 0 aliphatic carbocycles. The molecule has 1 amide bonds. The number of hydrogen-bond donors (Lipinski definition) is 1. The van der Waals surface area contributed by atoms with Gasteiger partial charge in [0.2, 0.25) is 0 Å². The molecule has 0 unspecified atom stereocenters. The molecule has 1 fully saturated rings. The zero-order valence-corrected chi connectivity index (χ0v) is 11.4. The highest BCUT2D eigenvalue weighted by Crippen LogP contribution is 2.18. The van der Waals surface area contributed by atoms with Crippen molar-refractivity contribution in [2.75, 3.05) is 26.3 Å². The third kappa shape index (κ3) is 3.11. The maximum atomic E-state index is 12.1. The molecular weight excluding hydrogens is 266 g/mol. The van der Waals surface area contributed by atoms with Crippen LogP contribution in [0, 0.1) is 17.0 Å². The first-order valence-electron chi connectivity index (χ1n) is 6.32. The highest BCUT2D eigenvalue weighted by atomic mass is 16.6. The molecule has 1 aliphatic heterocycles. The molecule has 20 heavy (non-hydrogen) atoms. The lowest BCUT2D eigenvalue weighted by Gasteiger charge is -2.28. The Morgan fingerprint density at radius 2 is 2.20 bits per heavy atom. The molecule has 2 rings (SSSR count). The lowest BCUT2D eigenvalue weighted by molar-refractivity contribution is -0.385. The summed E-state index contributed by atoms with van der Waals surface area (Å²) in [6.07, 6.45) is 1.28. The molecule has 0 bridgehead atoms. The van der Waals surface area contributed by atoms with Gasteiger partial charge < -0.3 is 4.74 Å².